The first-order chi connectivity index (χ1) is 10.2. The van der Waals surface area contributed by atoms with E-state index in [1.54, 1.807) is 0 Å². The van der Waals surface area contributed by atoms with E-state index >= 15 is 0 Å². The van der Waals surface area contributed by atoms with Crippen molar-refractivity contribution in [1.82, 2.24) is 4.72 Å². The maximum Gasteiger partial charge on any atom is 1.00 e. The second kappa shape index (κ2) is 13.1. The third-order valence-corrected chi connectivity index (χ3v) is 4.20. The molecule has 1 N–H and O–H groups in total. The van der Waals surface area contributed by atoms with E-state index in [0.717, 1.165) is 0 Å². The molecule has 0 spiro atoms. The summed E-state index contributed by atoms with van der Waals surface area (Å²) in [6, 6.07) is -1.53. The molecule has 0 aromatic rings. The van der Waals surface area contributed by atoms with Crippen LogP contribution in [0.5, 0.6) is 0 Å². The predicted octanol–water partition coefficient (Wildman–Crippen LogP) is -12.1. The second-order valence-electron chi connectivity index (χ2n) is 4.53. The Labute approximate surface area is 217 Å². The van der Waals surface area contributed by atoms with Gasteiger partial charge in [-0.1, -0.05) is 0 Å². The van der Waals surface area contributed by atoms with Gasteiger partial charge in [-0.2, -0.15) is 0 Å². The molecule has 0 aromatic carbocycles. The van der Waals surface area contributed by atoms with E-state index in [4.69, 9.17) is 4.74 Å². The summed E-state index contributed by atoms with van der Waals surface area (Å²) in [5.74, 6) is 0. The van der Waals surface area contributed by atoms with Crippen LogP contribution in [-0.4, -0.2) is 69.9 Å². The molecule has 1 aliphatic rings. The van der Waals surface area contributed by atoms with E-state index in [0.29, 0.717) is 0 Å². The Hall–Kier alpha value is 2.57. The average molecular weight is 467 g/mol. The maximum atomic E-state index is 10.7. The molecule has 0 bridgehead atoms. The molecular formula is C7H12NNa3O12S3. The predicted molar refractivity (Wildman–Crippen MR) is 65.8 cm³/mol. The van der Waals surface area contributed by atoms with Crippen molar-refractivity contribution in [3.63, 3.8) is 0 Å². The molecule has 0 radical (unpaired) electrons. The molecule has 1 saturated heterocycles. The van der Waals surface area contributed by atoms with Crippen LogP contribution < -0.4 is 93.4 Å². The average Bonchev–Trinajstić information content (AvgIpc) is 2.27. The van der Waals surface area contributed by atoms with Crippen molar-refractivity contribution in [1.29, 1.82) is 0 Å². The van der Waals surface area contributed by atoms with Crippen molar-refractivity contribution in [2.45, 2.75) is 37.7 Å². The standard InChI is InChI=1S/C7H15NO12S3.3Na/c1-4-7(8-21(9,10)11)6(20-23(15,16)17)2-5(19-4)3-18-22(12,13)14;;;/h4-8H,2-3H2,1H3,(H,9,10,11)(H,12,13,14)(H,15,16,17);;;/q;3*+1/p-3. The molecule has 19 heteroatoms. The number of nitrogens with one attached hydrogen (secondary N) is 1. The van der Waals surface area contributed by atoms with Crippen LogP contribution in [0.4, 0.5) is 0 Å². The van der Waals surface area contributed by atoms with E-state index in [1.807, 2.05) is 0 Å². The molecule has 1 fully saturated rings. The van der Waals surface area contributed by atoms with Crippen LogP contribution in [0.3, 0.4) is 0 Å². The van der Waals surface area contributed by atoms with Gasteiger partial charge in [-0.15, -0.1) is 0 Å². The summed E-state index contributed by atoms with van der Waals surface area (Å²) >= 11 is 0. The third-order valence-electron chi connectivity index (χ3n) is 2.73. The first kappa shape index (κ1) is 33.2. The number of hydrogen-bond acceptors (Lipinski definition) is 12. The molecule has 138 valence electrons. The van der Waals surface area contributed by atoms with Gasteiger partial charge in [0.05, 0.1) is 31.0 Å². The minimum Gasteiger partial charge on any atom is -0.735 e. The maximum absolute atomic E-state index is 10.7. The van der Waals surface area contributed by atoms with Crippen LogP contribution >= 0.6 is 0 Å². The molecule has 0 amide bonds. The van der Waals surface area contributed by atoms with Crippen LogP contribution in [0.2, 0.25) is 0 Å². The van der Waals surface area contributed by atoms with Crippen LogP contribution in [0, 0.1) is 0 Å². The van der Waals surface area contributed by atoms with Gasteiger partial charge in [-0.05, 0) is 6.92 Å². The third kappa shape index (κ3) is 14.5. The summed E-state index contributed by atoms with van der Waals surface area (Å²) in [6.07, 6.45) is -4.59. The summed E-state index contributed by atoms with van der Waals surface area (Å²) in [6.45, 7) is 0.389. The quantitative estimate of drug-likeness (QED) is 0.210. The van der Waals surface area contributed by atoms with E-state index in [9.17, 15) is 38.9 Å². The Kier molecular flexibility index (Phi) is 16.7. The van der Waals surface area contributed by atoms with Crippen LogP contribution in [-0.2, 0) is 44.2 Å². The monoisotopic (exact) mass is 467 g/mol. The molecule has 1 heterocycles. The first-order valence-corrected chi connectivity index (χ1v) is 9.87. The number of rotatable bonds is 7. The second-order valence-corrected chi connectivity index (χ2v) is 7.74. The van der Waals surface area contributed by atoms with Gasteiger partial charge in [0.2, 0.25) is 20.8 Å². The van der Waals surface area contributed by atoms with Gasteiger partial charge in [0.1, 0.15) is 0 Å². The molecule has 0 aromatic heterocycles. The Balaban J connectivity index is -0.00000176. The van der Waals surface area contributed by atoms with Crippen molar-refractivity contribution in [3.8, 4) is 0 Å². The molecule has 4 unspecified atom stereocenters. The van der Waals surface area contributed by atoms with Crippen LogP contribution in [0.1, 0.15) is 13.3 Å². The topological polar surface area (TPSA) is 211 Å². The van der Waals surface area contributed by atoms with Gasteiger partial charge in [-0.25, -0.2) is 30.0 Å². The molecule has 0 saturated carbocycles. The molecule has 1 rings (SSSR count). The molecular weight excluding hydrogens is 455 g/mol. The zero-order valence-corrected chi connectivity index (χ0v) is 22.8. The fourth-order valence-corrected chi connectivity index (χ4v) is 3.50. The van der Waals surface area contributed by atoms with Crippen molar-refractivity contribution in [3.05, 3.63) is 0 Å². The molecule has 4 atom stereocenters. The smallest absolute Gasteiger partial charge is 0.735 e. The van der Waals surface area contributed by atoms with E-state index in [1.165, 1.54) is 11.6 Å². The van der Waals surface area contributed by atoms with Gasteiger partial charge in [-0.3, -0.25) is 8.37 Å². The Bertz CT molecular complexity index is 725. The SMILES string of the molecule is CC1OC(COS(=O)(=O)[O-])CC(OS(=O)(=O)[O-])C1NS(=O)(=O)[O-].[Na+].[Na+].[Na+]. The number of hydrogen-bond donors (Lipinski definition) is 1. The zero-order valence-electron chi connectivity index (χ0n) is 14.3. The van der Waals surface area contributed by atoms with E-state index in [2.05, 4.69) is 8.37 Å². The van der Waals surface area contributed by atoms with Gasteiger partial charge in [0.15, 0.2) is 10.3 Å². The Morgan fingerprint density at radius 2 is 1.50 bits per heavy atom. The summed E-state index contributed by atoms with van der Waals surface area (Å²) in [5, 5.41) is 0. The first-order valence-electron chi connectivity index (χ1n) is 5.79. The van der Waals surface area contributed by atoms with Gasteiger partial charge in [0.25, 0.3) is 0 Å². The van der Waals surface area contributed by atoms with E-state index in [-0.39, 0.29) is 88.7 Å². The normalized spacial score (nSPS) is 26.8. The van der Waals surface area contributed by atoms with E-state index < -0.39 is 68.5 Å². The summed E-state index contributed by atoms with van der Waals surface area (Å²) in [7, 11) is -15.3. The summed E-state index contributed by atoms with van der Waals surface area (Å²) in [4.78, 5) is 0. The van der Waals surface area contributed by atoms with Crippen molar-refractivity contribution in [2.75, 3.05) is 6.61 Å². The van der Waals surface area contributed by atoms with Crippen molar-refractivity contribution in [2.24, 2.45) is 0 Å². The summed E-state index contributed by atoms with van der Waals surface area (Å²) < 4.78 is 110. The number of ether oxygens (including phenoxy) is 1. The molecule has 1 aliphatic heterocycles. The van der Waals surface area contributed by atoms with Gasteiger partial charge in [0, 0.05) is 6.42 Å². The van der Waals surface area contributed by atoms with Crippen molar-refractivity contribution >= 4 is 31.1 Å². The Morgan fingerprint density at radius 1 is 1.00 bits per heavy atom. The minimum absolute atomic E-state index is 0. The fraction of sp³-hybridized carbons (Fsp3) is 1.00. The molecule has 0 aliphatic carbocycles. The largest absolute Gasteiger partial charge is 1.00 e. The van der Waals surface area contributed by atoms with Crippen LogP contribution in [0.25, 0.3) is 0 Å². The van der Waals surface area contributed by atoms with Crippen molar-refractivity contribution < 1.29 is 141 Å². The zero-order chi connectivity index (χ0) is 18.1. The van der Waals surface area contributed by atoms with Crippen LogP contribution in [0.15, 0.2) is 0 Å². The van der Waals surface area contributed by atoms with Gasteiger partial charge < -0.3 is 18.4 Å². The Morgan fingerprint density at radius 3 is 1.88 bits per heavy atom. The molecule has 13 nitrogen and oxygen atoms in total. The van der Waals surface area contributed by atoms with Gasteiger partial charge >= 0.3 is 88.7 Å². The summed E-state index contributed by atoms with van der Waals surface area (Å²) in [5.41, 5.74) is 0. The molecule has 26 heavy (non-hydrogen) atoms. The fourth-order valence-electron chi connectivity index (χ4n) is 2.01. The minimum atomic E-state index is -5.27.